The fraction of sp³-hybridized carbons (Fsp3) is 0.214. The van der Waals surface area contributed by atoms with E-state index in [4.69, 9.17) is 5.11 Å². The van der Waals surface area contributed by atoms with E-state index in [9.17, 15) is 14.0 Å². The van der Waals surface area contributed by atoms with Gasteiger partial charge in [0.1, 0.15) is 11.9 Å². The highest BCUT2D eigenvalue weighted by molar-refractivity contribution is 5.96. The first-order valence-electron chi connectivity index (χ1n) is 6.24. The zero-order valence-electron chi connectivity index (χ0n) is 11.3. The number of aromatic amines is 1. The van der Waals surface area contributed by atoms with E-state index >= 15 is 0 Å². The molecule has 1 aromatic heterocycles. The number of halogens is 1. The number of aliphatic carboxylic acids is 1. The van der Waals surface area contributed by atoms with Gasteiger partial charge in [0, 0.05) is 23.9 Å². The van der Waals surface area contributed by atoms with Crippen molar-refractivity contribution in [2.45, 2.75) is 19.4 Å². The number of hydrogen-bond acceptors (Lipinski definition) is 3. The number of benzene rings is 1. The molecule has 2 rings (SSSR count). The van der Waals surface area contributed by atoms with Crippen molar-refractivity contribution in [3.05, 3.63) is 53.4 Å². The average Bonchev–Trinajstić information content (AvgIpc) is 2.89. The fourth-order valence-electron chi connectivity index (χ4n) is 1.93. The van der Waals surface area contributed by atoms with Gasteiger partial charge in [-0.15, -0.1) is 0 Å². The van der Waals surface area contributed by atoms with Crippen LogP contribution in [0.15, 0.2) is 30.7 Å². The summed E-state index contributed by atoms with van der Waals surface area (Å²) in [4.78, 5) is 29.8. The summed E-state index contributed by atoms with van der Waals surface area (Å²) in [5.41, 5.74) is 1.25. The van der Waals surface area contributed by atoms with Gasteiger partial charge in [-0.2, -0.15) is 0 Å². The van der Waals surface area contributed by atoms with Crippen LogP contribution < -0.4 is 5.32 Å². The Balaban J connectivity index is 2.12. The summed E-state index contributed by atoms with van der Waals surface area (Å²) in [6.45, 7) is 1.65. The van der Waals surface area contributed by atoms with Gasteiger partial charge in [-0.25, -0.2) is 14.2 Å². The monoisotopic (exact) mass is 291 g/mol. The molecule has 0 unspecified atom stereocenters. The number of carbonyl (C=O) groups is 2. The van der Waals surface area contributed by atoms with Crippen LogP contribution in [0.1, 0.15) is 21.6 Å². The minimum absolute atomic E-state index is 0.0649. The minimum Gasteiger partial charge on any atom is -0.480 e. The average molecular weight is 291 g/mol. The van der Waals surface area contributed by atoms with Gasteiger partial charge in [0.05, 0.1) is 6.33 Å². The second kappa shape index (κ2) is 6.17. The van der Waals surface area contributed by atoms with E-state index < -0.39 is 23.7 Å². The van der Waals surface area contributed by atoms with Crippen LogP contribution >= 0.6 is 0 Å². The number of H-pyrrole nitrogens is 1. The lowest BCUT2D eigenvalue weighted by atomic mass is 10.1. The Labute approximate surface area is 120 Å². The predicted molar refractivity (Wildman–Crippen MR) is 72.3 cm³/mol. The third-order valence-electron chi connectivity index (χ3n) is 2.89. The molecule has 2 aromatic rings. The maximum Gasteiger partial charge on any atom is 0.326 e. The molecule has 1 heterocycles. The highest BCUT2D eigenvalue weighted by Crippen LogP contribution is 2.09. The van der Waals surface area contributed by atoms with Crippen molar-refractivity contribution >= 4 is 11.9 Å². The molecule has 7 heteroatoms. The normalized spacial score (nSPS) is 11.9. The molecular formula is C14H14FN3O3. The van der Waals surface area contributed by atoms with E-state index in [0.29, 0.717) is 11.3 Å². The van der Waals surface area contributed by atoms with Crippen LogP contribution in [-0.4, -0.2) is 33.0 Å². The molecule has 0 bridgehead atoms. The summed E-state index contributed by atoms with van der Waals surface area (Å²) in [6.07, 6.45) is 2.97. The molecule has 0 fully saturated rings. The summed E-state index contributed by atoms with van der Waals surface area (Å²) in [7, 11) is 0. The first-order chi connectivity index (χ1) is 9.95. The summed E-state index contributed by atoms with van der Waals surface area (Å²) in [5, 5.41) is 11.5. The summed E-state index contributed by atoms with van der Waals surface area (Å²) < 4.78 is 13.3. The first-order valence-corrected chi connectivity index (χ1v) is 6.24. The summed E-state index contributed by atoms with van der Waals surface area (Å²) in [6, 6.07) is 2.72. The van der Waals surface area contributed by atoms with Gasteiger partial charge in [-0.1, -0.05) is 0 Å². The quantitative estimate of drug-likeness (QED) is 0.773. The zero-order chi connectivity index (χ0) is 15.4. The highest BCUT2D eigenvalue weighted by atomic mass is 19.1. The maximum absolute atomic E-state index is 13.3. The Morgan fingerprint density at radius 2 is 2.19 bits per heavy atom. The number of nitrogens with one attached hydrogen (secondary N) is 2. The molecule has 3 N–H and O–H groups in total. The standard InChI is InChI=1S/C14H14FN3O3/c1-8-2-9(4-10(15)3-8)13(19)18-12(14(20)21)5-11-6-16-7-17-11/h2-4,6-7,12H,5H2,1H3,(H,16,17)(H,18,19)(H,20,21)/t12-/m0/s1. The molecule has 0 saturated heterocycles. The lowest BCUT2D eigenvalue weighted by molar-refractivity contribution is -0.139. The minimum atomic E-state index is -1.17. The van der Waals surface area contributed by atoms with E-state index in [2.05, 4.69) is 15.3 Å². The second-order valence-electron chi connectivity index (χ2n) is 4.66. The predicted octanol–water partition coefficient (Wildman–Crippen LogP) is 1.28. The SMILES string of the molecule is Cc1cc(F)cc(C(=O)N[C@@H](Cc2cnc[nH]2)C(=O)O)c1. The lowest BCUT2D eigenvalue weighted by Crippen LogP contribution is -2.42. The van der Waals surface area contributed by atoms with E-state index in [1.54, 1.807) is 6.92 Å². The Kier molecular flexibility index (Phi) is 4.32. The van der Waals surface area contributed by atoms with Gasteiger partial charge in [0.15, 0.2) is 0 Å². The number of amides is 1. The summed E-state index contributed by atoms with van der Waals surface area (Å²) in [5.74, 6) is -2.35. The van der Waals surface area contributed by atoms with E-state index in [1.165, 1.54) is 24.7 Å². The molecule has 21 heavy (non-hydrogen) atoms. The molecule has 6 nitrogen and oxygen atoms in total. The first kappa shape index (κ1) is 14.7. The smallest absolute Gasteiger partial charge is 0.326 e. The lowest BCUT2D eigenvalue weighted by Gasteiger charge is -2.14. The maximum atomic E-state index is 13.3. The zero-order valence-corrected chi connectivity index (χ0v) is 11.3. The Bertz CT molecular complexity index is 635. The molecule has 110 valence electrons. The van der Waals surface area contributed by atoms with Gasteiger partial charge in [-0.3, -0.25) is 4.79 Å². The van der Waals surface area contributed by atoms with E-state index in [1.807, 2.05) is 0 Å². The number of nitrogens with zero attached hydrogens (tertiary/aromatic N) is 1. The number of rotatable bonds is 5. The number of hydrogen-bond donors (Lipinski definition) is 3. The number of aromatic nitrogens is 2. The molecular weight excluding hydrogens is 277 g/mol. The molecule has 0 radical (unpaired) electrons. The van der Waals surface area contributed by atoms with Gasteiger partial charge in [0.2, 0.25) is 0 Å². The second-order valence-corrected chi connectivity index (χ2v) is 4.66. The number of carboxylic acids is 1. The van der Waals surface area contributed by atoms with Crippen molar-refractivity contribution < 1.29 is 19.1 Å². The van der Waals surface area contributed by atoms with Crippen LogP contribution in [0.25, 0.3) is 0 Å². The molecule has 0 aliphatic heterocycles. The molecule has 0 aliphatic rings. The van der Waals surface area contributed by atoms with E-state index in [0.717, 1.165) is 6.07 Å². The number of carboxylic acid groups (broad SMARTS) is 1. The van der Waals surface area contributed by atoms with Gasteiger partial charge < -0.3 is 15.4 Å². The van der Waals surface area contributed by atoms with Gasteiger partial charge in [-0.05, 0) is 30.7 Å². The molecule has 1 amide bonds. The molecule has 1 aromatic carbocycles. The van der Waals surface area contributed by atoms with Crippen LogP contribution in [0.3, 0.4) is 0 Å². The number of imidazole rings is 1. The third kappa shape index (κ3) is 3.88. The summed E-state index contributed by atoms with van der Waals surface area (Å²) >= 11 is 0. The fourth-order valence-corrected chi connectivity index (χ4v) is 1.93. The van der Waals surface area contributed by atoms with Crippen molar-refractivity contribution in [1.29, 1.82) is 0 Å². The molecule has 0 aliphatic carbocycles. The number of carbonyl (C=O) groups excluding carboxylic acids is 1. The Morgan fingerprint density at radius 3 is 2.76 bits per heavy atom. The van der Waals surface area contributed by atoms with Crippen LogP contribution in [0, 0.1) is 12.7 Å². The molecule has 1 atom stereocenters. The van der Waals surface area contributed by atoms with E-state index in [-0.39, 0.29) is 12.0 Å². The Hall–Kier alpha value is -2.70. The van der Waals surface area contributed by atoms with Crippen LogP contribution in [0.4, 0.5) is 4.39 Å². The van der Waals surface area contributed by atoms with Crippen LogP contribution in [-0.2, 0) is 11.2 Å². The van der Waals surface area contributed by atoms with Crippen molar-refractivity contribution in [3.8, 4) is 0 Å². The van der Waals surface area contributed by atoms with Crippen molar-refractivity contribution in [2.75, 3.05) is 0 Å². The molecule has 0 saturated carbocycles. The number of aryl methyl sites for hydroxylation is 1. The van der Waals surface area contributed by atoms with Crippen LogP contribution in [0.5, 0.6) is 0 Å². The van der Waals surface area contributed by atoms with Crippen molar-refractivity contribution in [2.24, 2.45) is 0 Å². The van der Waals surface area contributed by atoms with Gasteiger partial charge >= 0.3 is 5.97 Å². The topological polar surface area (TPSA) is 95.1 Å². The Morgan fingerprint density at radius 1 is 1.43 bits per heavy atom. The third-order valence-corrected chi connectivity index (χ3v) is 2.89. The molecule has 0 spiro atoms. The van der Waals surface area contributed by atoms with Crippen molar-refractivity contribution in [3.63, 3.8) is 0 Å². The van der Waals surface area contributed by atoms with Gasteiger partial charge in [0.25, 0.3) is 5.91 Å². The van der Waals surface area contributed by atoms with Crippen LogP contribution in [0.2, 0.25) is 0 Å². The largest absolute Gasteiger partial charge is 0.480 e. The highest BCUT2D eigenvalue weighted by Gasteiger charge is 2.22. The van der Waals surface area contributed by atoms with Crippen molar-refractivity contribution in [1.82, 2.24) is 15.3 Å².